The largest absolute Gasteiger partial charge is 0.384 e. The van der Waals surface area contributed by atoms with Gasteiger partial charge in [-0.3, -0.25) is 4.79 Å². The summed E-state index contributed by atoms with van der Waals surface area (Å²) in [7, 11) is 0. The minimum Gasteiger partial charge on any atom is -0.384 e. The molecule has 1 atom stereocenters. The van der Waals surface area contributed by atoms with Gasteiger partial charge in [0.05, 0.1) is 0 Å². The van der Waals surface area contributed by atoms with E-state index in [1.54, 1.807) is 0 Å². The number of rotatable bonds is 5. The average Bonchev–Trinajstić information content (AvgIpc) is 1.97. The predicted octanol–water partition coefficient (Wildman–Crippen LogP) is 1.56. The van der Waals surface area contributed by atoms with Crippen LogP contribution in [0.4, 0.5) is 0 Å². The van der Waals surface area contributed by atoms with Crippen molar-refractivity contribution in [3.8, 4) is 0 Å². The van der Waals surface area contributed by atoms with Gasteiger partial charge in [-0.25, -0.2) is 0 Å². The Morgan fingerprint density at radius 1 is 1.36 bits per heavy atom. The first kappa shape index (κ1) is 13.4. The van der Waals surface area contributed by atoms with E-state index in [-0.39, 0.29) is 11.3 Å². The highest BCUT2D eigenvalue weighted by molar-refractivity contribution is 5.79. The fraction of sp³-hybridized carbons (Fsp3) is 0.909. The van der Waals surface area contributed by atoms with Crippen LogP contribution in [-0.2, 0) is 4.79 Å². The van der Waals surface area contributed by atoms with Crippen molar-refractivity contribution in [2.75, 3.05) is 6.54 Å². The van der Waals surface area contributed by atoms with E-state index in [2.05, 4.69) is 33.0 Å². The molecule has 2 N–H and O–H groups in total. The molecular formula is C11H23NO2. The van der Waals surface area contributed by atoms with Crippen LogP contribution in [0.15, 0.2) is 0 Å². The maximum Gasteiger partial charge on any atom is 0.248 e. The second-order valence-corrected chi connectivity index (χ2v) is 5.16. The van der Waals surface area contributed by atoms with Gasteiger partial charge in [-0.05, 0) is 24.7 Å². The lowest BCUT2D eigenvalue weighted by Crippen LogP contribution is -2.39. The second kappa shape index (κ2) is 5.35. The van der Waals surface area contributed by atoms with Gasteiger partial charge in [0, 0.05) is 6.54 Å². The third-order valence-electron chi connectivity index (χ3n) is 2.08. The Kier molecular flexibility index (Phi) is 5.13. The van der Waals surface area contributed by atoms with Crippen LogP contribution in [0, 0.1) is 11.3 Å². The quantitative estimate of drug-likeness (QED) is 0.709. The SMILES string of the molecule is CC(C)CC(C)(C)CNC(=O)C(C)O. The van der Waals surface area contributed by atoms with Crippen LogP contribution in [0.5, 0.6) is 0 Å². The Morgan fingerprint density at radius 3 is 2.21 bits per heavy atom. The lowest BCUT2D eigenvalue weighted by atomic mass is 9.84. The van der Waals surface area contributed by atoms with E-state index in [9.17, 15) is 4.79 Å². The van der Waals surface area contributed by atoms with Crippen LogP contribution in [0.1, 0.15) is 41.0 Å². The number of amides is 1. The zero-order chi connectivity index (χ0) is 11.4. The molecule has 1 unspecified atom stereocenters. The molecule has 14 heavy (non-hydrogen) atoms. The third-order valence-corrected chi connectivity index (χ3v) is 2.08. The number of nitrogens with one attached hydrogen (secondary N) is 1. The number of aliphatic hydroxyl groups is 1. The van der Waals surface area contributed by atoms with Crippen LogP contribution < -0.4 is 5.32 Å². The summed E-state index contributed by atoms with van der Waals surface area (Å²) < 4.78 is 0. The van der Waals surface area contributed by atoms with Gasteiger partial charge >= 0.3 is 0 Å². The summed E-state index contributed by atoms with van der Waals surface area (Å²) in [6.07, 6.45) is 0.150. The lowest BCUT2D eigenvalue weighted by Gasteiger charge is -2.27. The molecule has 0 aliphatic rings. The summed E-state index contributed by atoms with van der Waals surface area (Å²) in [4.78, 5) is 11.1. The van der Waals surface area contributed by atoms with Crippen molar-refractivity contribution in [3.05, 3.63) is 0 Å². The molecule has 3 nitrogen and oxygen atoms in total. The molecule has 3 heteroatoms. The van der Waals surface area contributed by atoms with Gasteiger partial charge in [0.25, 0.3) is 0 Å². The molecule has 0 aliphatic heterocycles. The highest BCUT2D eigenvalue weighted by Gasteiger charge is 2.21. The van der Waals surface area contributed by atoms with Crippen molar-refractivity contribution in [1.82, 2.24) is 5.32 Å². The Labute approximate surface area is 86.9 Å². The Hall–Kier alpha value is -0.570. The van der Waals surface area contributed by atoms with E-state index >= 15 is 0 Å². The number of hydrogen-bond donors (Lipinski definition) is 2. The molecule has 0 saturated carbocycles. The van der Waals surface area contributed by atoms with Crippen LogP contribution in [-0.4, -0.2) is 23.7 Å². The molecule has 84 valence electrons. The molecule has 0 aromatic rings. The summed E-state index contributed by atoms with van der Waals surface area (Å²) in [5, 5.41) is 11.7. The Bertz CT molecular complexity index is 186. The van der Waals surface area contributed by atoms with Crippen LogP contribution in [0.3, 0.4) is 0 Å². The van der Waals surface area contributed by atoms with E-state index in [0.29, 0.717) is 12.5 Å². The zero-order valence-electron chi connectivity index (χ0n) is 9.92. The first-order chi connectivity index (χ1) is 6.24. The Morgan fingerprint density at radius 2 is 1.86 bits per heavy atom. The molecule has 1 amide bonds. The minimum absolute atomic E-state index is 0.0959. The molecule has 0 radical (unpaired) electrons. The summed E-state index contributed by atoms with van der Waals surface area (Å²) in [5.41, 5.74) is 0.0959. The number of carbonyl (C=O) groups excluding carboxylic acids is 1. The summed E-state index contributed by atoms with van der Waals surface area (Å²) >= 11 is 0. The second-order valence-electron chi connectivity index (χ2n) is 5.16. The number of carbonyl (C=O) groups is 1. The zero-order valence-corrected chi connectivity index (χ0v) is 9.92. The molecule has 0 rings (SSSR count). The summed E-state index contributed by atoms with van der Waals surface area (Å²) in [6.45, 7) is 10.7. The average molecular weight is 201 g/mol. The van der Waals surface area contributed by atoms with Gasteiger partial charge in [-0.15, -0.1) is 0 Å². The number of aliphatic hydroxyl groups excluding tert-OH is 1. The summed E-state index contributed by atoms with van der Waals surface area (Å²) in [5.74, 6) is 0.329. The lowest BCUT2D eigenvalue weighted by molar-refractivity contribution is -0.128. The van der Waals surface area contributed by atoms with Gasteiger partial charge in [-0.1, -0.05) is 27.7 Å². The normalized spacial score (nSPS) is 14.2. The van der Waals surface area contributed by atoms with E-state index in [0.717, 1.165) is 6.42 Å². The highest BCUT2D eigenvalue weighted by Crippen LogP contribution is 2.23. The predicted molar refractivity (Wildman–Crippen MR) is 57.9 cm³/mol. The fourth-order valence-corrected chi connectivity index (χ4v) is 1.65. The molecule has 0 heterocycles. The molecular weight excluding hydrogens is 178 g/mol. The van der Waals surface area contributed by atoms with Crippen molar-refractivity contribution >= 4 is 5.91 Å². The molecule has 0 saturated heterocycles. The third kappa shape index (κ3) is 5.97. The van der Waals surface area contributed by atoms with Gasteiger partial charge in [0.15, 0.2) is 0 Å². The smallest absolute Gasteiger partial charge is 0.248 e. The van der Waals surface area contributed by atoms with Crippen molar-refractivity contribution in [3.63, 3.8) is 0 Å². The van der Waals surface area contributed by atoms with Gasteiger partial charge in [-0.2, -0.15) is 0 Å². The Balaban J connectivity index is 3.92. The fourth-order valence-electron chi connectivity index (χ4n) is 1.65. The van der Waals surface area contributed by atoms with E-state index < -0.39 is 6.10 Å². The molecule has 0 fully saturated rings. The topological polar surface area (TPSA) is 49.3 Å². The van der Waals surface area contributed by atoms with Crippen molar-refractivity contribution < 1.29 is 9.90 Å². The van der Waals surface area contributed by atoms with Crippen molar-refractivity contribution in [2.24, 2.45) is 11.3 Å². The van der Waals surface area contributed by atoms with Gasteiger partial charge in [0.2, 0.25) is 5.91 Å². The molecule has 0 aromatic heterocycles. The van der Waals surface area contributed by atoms with Crippen LogP contribution in [0.2, 0.25) is 0 Å². The van der Waals surface area contributed by atoms with E-state index in [1.165, 1.54) is 6.92 Å². The molecule has 0 aliphatic carbocycles. The molecule has 0 spiro atoms. The van der Waals surface area contributed by atoms with Crippen LogP contribution >= 0.6 is 0 Å². The van der Waals surface area contributed by atoms with Crippen molar-refractivity contribution in [1.29, 1.82) is 0 Å². The monoisotopic (exact) mass is 201 g/mol. The summed E-state index contributed by atoms with van der Waals surface area (Å²) in [6, 6.07) is 0. The first-order valence-corrected chi connectivity index (χ1v) is 5.20. The van der Waals surface area contributed by atoms with E-state index in [4.69, 9.17) is 5.11 Å². The maximum atomic E-state index is 11.1. The van der Waals surface area contributed by atoms with E-state index in [1.807, 2.05) is 0 Å². The minimum atomic E-state index is -0.912. The molecule has 0 aromatic carbocycles. The van der Waals surface area contributed by atoms with Crippen molar-refractivity contribution in [2.45, 2.75) is 47.1 Å². The standard InChI is InChI=1S/C11H23NO2/c1-8(2)6-11(4,5)7-12-10(14)9(3)13/h8-9,13H,6-7H2,1-5H3,(H,12,14). The number of hydrogen-bond acceptors (Lipinski definition) is 2. The highest BCUT2D eigenvalue weighted by atomic mass is 16.3. The van der Waals surface area contributed by atoms with Gasteiger partial charge < -0.3 is 10.4 Å². The maximum absolute atomic E-state index is 11.1. The molecule has 0 bridgehead atoms. The van der Waals surface area contributed by atoms with Crippen LogP contribution in [0.25, 0.3) is 0 Å². The van der Waals surface area contributed by atoms with Gasteiger partial charge in [0.1, 0.15) is 6.10 Å². The first-order valence-electron chi connectivity index (χ1n) is 5.20.